The van der Waals surface area contributed by atoms with E-state index in [1.54, 1.807) is 11.3 Å². The smallest absolute Gasteiger partial charge is 0.135 e. The van der Waals surface area contributed by atoms with Crippen LogP contribution in [0.5, 0.6) is 0 Å². The van der Waals surface area contributed by atoms with Crippen molar-refractivity contribution in [2.45, 2.75) is 6.04 Å². The van der Waals surface area contributed by atoms with E-state index >= 15 is 0 Å². The van der Waals surface area contributed by atoms with Gasteiger partial charge in [-0.1, -0.05) is 17.7 Å². The molecule has 1 atom stereocenters. The molecule has 2 aromatic heterocycles. The molecule has 2 nitrogen and oxygen atoms in total. The fourth-order valence-electron chi connectivity index (χ4n) is 1.83. The minimum Gasteiger partial charge on any atom is -0.459 e. The number of hydrogen-bond acceptors (Lipinski definition) is 3. The summed E-state index contributed by atoms with van der Waals surface area (Å²) >= 11 is 11.2. The first-order chi connectivity index (χ1) is 8.65. The van der Waals surface area contributed by atoms with Gasteiger partial charge in [-0.2, -0.15) is 0 Å². The molecular weight excluding hydrogens is 334 g/mol. The normalized spacial score (nSPS) is 13.1. The van der Waals surface area contributed by atoms with Crippen LogP contribution in [-0.4, -0.2) is 0 Å². The Morgan fingerprint density at radius 2 is 2.11 bits per heavy atom. The van der Waals surface area contributed by atoms with E-state index in [0.29, 0.717) is 5.02 Å². The van der Waals surface area contributed by atoms with Gasteiger partial charge in [-0.25, -0.2) is 0 Å². The number of rotatable bonds is 2. The molecule has 1 unspecified atom stereocenters. The van der Waals surface area contributed by atoms with Crippen molar-refractivity contribution >= 4 is 49.8 Å². The van der Waals surface area contributed by atoms with E-state index in [9.17, 15) is 0 Å². The van der Waals surface area contributed by atoms with E-state index in [0.717, 1.165) is 25.4 Å². The molecule has 3 aromatic rings. The summed E-state index contributed by atoms with van der Waals surface area (Å²) in [7, 11) is 0. The largest absolute Gasteiger partial charge is 0.459 e. The van der Waals surface area contributed by atoms with E-state index in [1.165, 1.54) is 0 Å². The van der Waals surface area contributed by atoms with Crippen LogP contribution in [0.4, 0.5) is 0 Å². The van der Waals surface area contributed by atoms with E-state index in [-0.39, 0.29) is 6.04 Å². The molecule has 0 aliphatic heterocycles. The minimum absolute atomic E-state index is 0.259. The molecule has 5 heteroatoms. The molecule has 0 saturated carbocycles. The first-order valence-corrected chi connectivity index (χ1v) is 7.32. The monoisotopic (exact) mass is 341 g/mol. The molecule has 0 aliphatic rings. The summed E-state index contributed by atoms with van der Waals surface area (Å²) < 4.78 is 6.81. The van der Waals surface area contributed by atoms with Gasteiger partial charge in [0.15, 0.2) is 0 Å². The molecule has 92 valence electrons. The van der Waals surface area contributed by atoms with Gasteiger partial charge in [-0.05, 0) is 46.3 Å². The van der Waals surface area contributed by atoms with Crippen LogP contribution in [0.2, 0.25) is 5.02 Å². The fourth-order valence-corrected chi connectivity index (χ4v) is 3.49. The molecular formula is C13H9BrClNOS. The first-order valence-electron chi connectivity index (χ1n) is 5.34. The summed E-state index contributed by atoms with van der Waals surface area (Å²) in [5, 5.41) is 1.59. The number of benzene rings is 1. The third-order valence-corrected chi connectivity index (χ3v) is 4.77. The van der Waals surface area contributed by atoms with Crippen LogP contribution < -0.4 is 5.73 Å². The second kappa shape index (κ2) is 4.70. The summed E-state index contributed by atoms with van der Waals surface area (Å²) in [6.07, 6.45) is 0. The number of nitrogens with two attached hydrogens (primary N) is 1. The maximum absolute atomic E-state index is 6.20. The van der Waals surface area contributed by atoms with E-state index in [4.69, 9.17) is 21.8 Å². The highest BCUT2D eigenvalue weighted by Gasteiger charge is 2.16. The molecule has 2 heterocycles. The van der Waals surface area contributed by atoms with Gasteiger partial charge in [0.25, 0.3) is 0 Å². The summed E-state index contributed by atoms with van der Waals surface area (Å²) in [6, 6.07) is 11.2. The van der Waals surface area contributed by atoms with Gasteiger partial charge < -0.3 is 10.2 Å². The van der Waals surface area contributed by atoms with Gasteiger partial charge in [0.1, 0.15) is 11.3 Å². The highest BCUT2D eigenvalue weighted by atomic mass is 79.9. The minimum atomic E-state index is -0.259. The Labute approximate surface area is 121 Å². The molecule has 0 aliphatic carbocycles. The number of hydrogen-bond donors (Lipinski definition) is 1. The van der Waals surface area contributed by atoms with Crippen molar-refractivity contribution in [3.05, 3.63) is 55.8 Å². The molecule has 0 bridgehead atoms. The number of fused-ring (bicyclic) bond motifs is 1. The zero-order chi connectivity index (χ0) is 12.7. The van der Waals surface area contributed by atoms with Crippen LogP contribution in [0, 0.1) is 0 Å². The van der Waals surface area contributed by atoms with Gasteiger partial charge in [-0.15, -0.1) is 11.3 Å². The number of thiophene rings is 1. The van der Waals surface area contributed by atoms with Gasteiger partial charge in [0.05, 0.1) is 14.9 Å². The van der Waals surface area contributed by atoms with Crippen molar-refractivity contribution in [3.63, 3.8) is 0 Å². The Balaban J connectivity index is 2.06. The Morgan fingerprint density at radius 3 is 2.78 bits per heavy atom. The summed E-state index contributed by atoms with van der Waals surface area (Å²) in [4.78, 5) is 1.05. The van der Waals surface area contributed by atoms with Crippen molar-refractivity contribution in [3.8, 4) is 0 Å². The SMILES string of the molecule is NC(c1cc2c(Cl)cccc2o1)c1ccc(Br)s1. The van der Waals surface area contributed by atoms with Gasteiger partial charge in [0, 0.05) is 10.3 Å². The Kier molecular flexibility index (Phi) is 3.20. The molecule has 1 aromatic carbocycles. The zero-order valence-corrected chi connectivity index (χ0v) is 12.3. The molecule has 0 fully saturated rings. The van der Waals surface area contributed by atoms with Crippen LogP contribution in [0.25, 0.3) is 11.0 Å². The van der Waals surface area contributed by atoms with Crippen LogP contribution in [-0.2, 0) is 0 Å². The van der Waals surface area contributed by atoms with Crippen molar-refractivity contribution in [2.24, 2.45) is 5.73 Å². The Morgan fingerprint density at radius 1 is 1.28 bits per heavy atom. The molecule has 0 radical (unpaired) electrons. The van der Waals surface area contributed by atoms with Gasteiger partial charge >= 0.3 is 0 Å². The summed E-state index contributed by atoms with van der Waals surface area (Å²) in [6.45, 7) is 0. The lowest BCUT2D eigenvalue weighted by atomic mass is 10.2. The highest BCUT2D eigenvalue weighted by Crippen LogP contribution is 2.34. The highest BCUT2D eigenvalue weighted by molar-refractivity contribution is 9.11. The average molecular weight is 343 g/mol. The van der Waals surface area contributed by atoms with Crippen molar-refractivity contribution in [1.82, 2.24) is 0 Å². The standard InChI is InChI=1S/C13H9BrClNOS/c14-12-5-4-11(18-12)13(16)10-6-7-8(15)2-1-3-9(7)17-10/h1-6,13H,16H2. The van der Waals surface area contributed by atoms with E-state index < -0.39 is 0 Å². The average Bonchev–Trinajstić information content (AvgIpc) is 2.95. The Hall–Kier alpha value is -0.810. The fraction of sp³-hybridized carbons (Fsp3) is 0.0769. The predicted molar refractivity (Wildman–Crippen MR) is 79.3 cm³/mol. The predicted octanol–water partition coefficient (Wildman–Crippen LogP) is 4.96. The number of halogens is 2. The third-order valence-electron chi connectivity index (χ3n) is 2.73. The molecule has 3 rings (SSSR count). The maximum Gasteiger partial charge on any atom is 0.135 e. The van der Waals surface area contributed by atoms with Crippen LogP contribution >= 0.6 is 38.9 Å². The van der Waals surface area contributed by atoms with Crippen molar-refractivity contribution in [1.29, 1.82) is 0 Å². The summed E-state index contributed by atoms with van der Waals surface area (Å²) in [5.41, 5.74) is 6.96. The first kappa shape index (κ1) is 12.2. The van der Waals surface area contributed by atoms with Gasteiger partial charge in [0.2, 0.25) is 0 Å². The lowest BCUT2D eigenvalue weighted by molar-refractivity contribution is 0.528. The zero-order valence-electron chi connectivity index (χ0n) is 9.19. The molecule has 18 heavy (non-hydrogen) atoms. The van der Waals surface area contributed by atoms with Crippen molar-refractivity contribution < 1.29 is 4.42 Å². The van der Waals surface area contributed by atoms with E-state index in [1.807, 2.05) is 36.4 Å². The van der Waals surface area contributed by atoms with Crippen LogP contribution in [0.3, 0.4) is 0 Å². The second-order valence-electron chi connectivity index (χ2n) is 3.92. The molecule has 2 N–H and O–H groups in total. The topological polar surface area (TPSA) is 39.2 Å². The maximum atomic E-state index is 6.20. The van der Waals surface area contributed by atoms with Gasteiger partial charge in [-0.3, -0.25) is 0 Å². The number of furan rings is 1. The molecule has 0 spiro atoms. The quantitative estimate of drug-likeness (QED) is 0.715. The van der Waals surface area contributed by atoms with Crippen LogP contribution in [0.15, 0.2) is 44.6 Å². The second-order valence-corrected chi connectivity index (χ2v) is 6.82. The summed E-state index contributed by atoms with van der Waals surface area (Å²) in [5.74, 6) is 0.729. The lowest BCUT2D eigenvalue weighted by Crippen LogP contribution is -2.08. The lowest BCUT2D eigenvalue weighted by Gasteiger charge is -2.04. The van der Waals surface area contributed by atoms with Crippen LogP contribution in [0.1, 0.15) is 16.7 Å². The molecule has 0 amide bonds. The Bertz CT molecular complexity index is 706. The van der Waals surface area contributed by atoms with Crippen molar-refractivity contribution in [2.75, 3.05) is 0 Å². The third kappa shape index (κ3) is 2.10. The van der Waals surface area contributed by atoms with E-state index in [2.05, 4.69) is 15.9 Å². The molecule has 0 saturated heterocycles.